The topological polar surface area (TPSA) is 58.6 Å². The summed E-state index contributed by atoms with van der Waals surface area (Å²) >= 11 is 6.54. The first-order valence-electron chi connectivity index (χ1n) is 12.0. The maximum atomic E-state index is 13.4. The fraction of sp³-hybridized carbons (Fsp3) is 0.481. The molecule has 1 N–H and O–H groups in total. The van der Waals surface area contributed by atoms with Crippen molar-refractivity contribution in [3.05, 3.63) is 63.2 Å². The van der Waals surface area contributed by atoms with Gasteiger partial charge >= 0.3 is 0 Å². The summed E-state index contributed by atoms with van der Waals surface area (Å²) < 4.78 is 5.57. The van der Waals surface area contributed by atoms with Gasteiger partial charge in [-0.15, -0.1) is 0 Å². The Balaban J connectivity index is 1.72. The molecule has 0 aromatic heterocycles. The highest BCUT2D eigenvalue weighted by atomic mass is 35.5. The van der Waals surface area contributed by atoms with Crippen LogP contribution in [0.15, 0.2) is 47.1 Å². The lowest BCUT2D eigenvalue weighted by Crippen LogP contribution is -2.40. The third kappa shape index (κ3) is 5.42. The zero-order valence-electron chi connectivity index (χ0n) is 19.6. The molecule has 1 aliphatic carbocycles. The molecule has 1 aromatic rings. The number of hydrogen-bond donors (Lipinski definition) is 1. The van der Waals surface area contributed by atoms with Gasteiger partial charge in [-0.1, -0.05) is 35.4 Å². The predicted molar refractivity (Wildman–Crippen MR) is 133 cm³/mol. The second-order valence-corrected chi connectivity index (χ2v) is 9.51. The summed E-state index contributed by atoms with van der Waals surface area (Å²) in [5.74, 6) is -0.0771. The highest BCUT2D eigenvalue weighted by molar-refractivity contribution is 6.31. The summed E-state index contributed by atoms with van der Waals surface area (Å²) in [7, 11) is 0. The molecule has 0 unspecified atom stereocenters. The highest BCUT2D eigenvalue weighted by Crippen LogP contribution is 2.33. The number of ketones is 1. The number of carbonyl (C=O) groups excluding carboxylic acids is 2. The Morgan fingerprint density at radius 2 is 1.97 bits per heavy atom. The van der Waals surface area contributed by atoms with Gasteiger partial charge in [-0.25, -0.2) is 0 Å². The number of nitrogens with one attached hydrogen (secondary N) is 1. The van der Waals surface area contributed by atoms with Gasteiger partial charge in [0, 0.05) is 60.6 Å². The second-order valence-electron chi connectivity index (χ2n) is 9.07. The van der Waals surface area contributed by atoms with Crippen molar-refractivity contribution in [3.63, 3.8) is 0 Å². The van der Waals surface area contributed by atoms with Gasteiger partial charge < -0.3 is 15.0 Å². The molecule has 0 saturated carbocycles. The fourth-order valence-electron chi connectivity index (χ4n) is 5.15. The summed E-state index contributed by atoms with van der Waals surface area (Å²) in [4.78, 5) is 28.5. The number of ether oxygens (including phenoxy) is 1. The minimum absolute atomic E-state index is 0.107. The first-order chi connectivity index (χ1) is 16.0. The molecule has 6 heteroatoms. The maximum Gasteiger partial charge on any atom is 0.251 e. The molecule has 0 spiro atoms. The van der Waals surface area contributed by atoms with Gasteiger partial charge in [-0.05, 0) is 69.2 Å². The van der Waals surface area contributed by atoms with Crippen molar-refractivity contribution in [2.75, 3.05) is 31.2 Å². The van der Waals surface area contributed by atoms with Crippen LogP contribution in [0.3, 0.4) is 0 Å². The monoisotopic (exact) mass is 468 g/mol. The Kier molecular flexibility index (Phi) is 7.71. The molecular formula is C27H33ClN2O3. The number of benzene rings is 1. The van der Waals surface area contributed by atoms with Crippen LogP contribution in [0.4, 0.5) is 5.69 Å². The quantitative estimate of drug-likeness (QED) is 0.620. The molecule has 1 aromatic carbocycles. The minimum Gasteiger partial charge on any atom is -0.381 e. The molecule has 4 rings (SSSR count). The number of allylic oxidation sites excluding steroid dienone is 5. The van der Waals surface area contributed by atoms with E-state index in [9.17, 15) is 9.59 Å². The molecule has 5 nitrogen and oxygen atoms in total. The Morgan fingerprint density at radius 3 is 2.73 bits per heavy atom. The summed E-state index contributed by atoms with van der Waals surface area (Å²) in [6.07, 6.45) is 11.1. The SMILES string of the molecule is CCN(c1cc(Cl)cc2c1C/C=C\CCC1=C(CNC2=O)C(=O)CC(C)=C1)C1CCOCC1. The lowest BCUT2D eigenvalue weighted by atomic mass is 9.89. The first-order valence-corrected chi connectivity index (χ1v) is 12.4. The van der Waals surface area contributed by atoms with E-state index in [1.54, 1.807) is 6.07 Å². The van der Waals surface area contributed by atoms with Gasteiger partial charge in [0.1, 0.15) is 0 Å². The second kappa shape index (κ2) is 10.7. The van der Waals surface area contributed by atoms with Crippen molar-refractivity contribution in [1.29, 1.82) is 0 Å². The van der Waals surface area contributed by atoms with Gasteiger partial charge in [0.15, 0.2) is 5.78 Å². The van der Waals surface area contributed by atoms with E-state index >= 15 is 0 Å². The van der Waals surface area contributed by atoms with Crippen LogP contribution in [0.1, 0.15) is 61.9 Å². The summed E-state index contributed by atoms with van der Waals surface area (Å²) in [5.41, 5.74) is 5.45. The van der Waals surface area contributed by atoms with E-state index in [1.807, 2.05) is 13.0 Å². The van der Waals surface area contributed by atoms with Crippen molar-refractivity contribution < 1.29 is 14.3 Å². The molecule has 176 valence electrons. The van der Waals surface area contributed by atoms with Gasteiger partial charge in [0.25, 0.3) is 5.91 Å². The molecule has 0 bridgehead atoms. The first kappa shape index (κ1) is 23.8. The van der Waals surface area contributed by atoms with Crippen LogP contribution < -0.4 is 10.2 Å². The number of rotatable bonds is 3. The smallest absolute Gasteiger partial charge is 0.251 e. The Bertz CT molecular complexity index is 1020. The third-order valence-corrected chi connectivity index (χ3v) is 7.01. The molecule has 1 saturated heterocycles. The summed E-state index contributed by atoms with van der Waals surface area (Å²) in [6, 6.07) is 4.11. The Hall–Kier alpha value is -2.37. The predicted octanol–water partition coefficient (Wildman–Crippen LogP) is 5.18. The largest absolute Gasteiger partial charge is 0.381 e. The molecule has 2 aliphatic heterocycles. The number of carbonyl (C=O) groups is 2. The molecule has 1 amide bonds. The van der Waals surface area contributed by atoms with E-state index in [-0.39, 0.29) is 18.2 Å². The summed E-state index contributed by atoms with van der Waals surface area (Å²) in [5, 5.41) is 3.57. The van der Waals surface area contributed by atoms with Gasteiger partial charge in [0.05, 0.1) is 0 Å². The van der Waals surface area contributed by atoms with Crippen LogP contribution in [0.25, 0.3) is 0 Å². The lowest BCUT2D eigenvalue weighted by Gasteiger charge is -2.37. The molecule has 3 aliphatic rings. The van der Waals surface area contributed by atoms with E-state index in [1.165, 1.54) is 0 Å². The normalized spacial score (nSPS) is 21.2. The average molecular weight is 469 g/mol. The number of nitrogens with zero attached hydrogens (tertiary/aromatic N) is 1. The van der Waals surface area contributed by atoms with Crippen molar-refractivity contribution in [2.24, 2.45) is 0 Å². The van der Waals surface area contributed by atoms with Crippen LogP contribution in [0.2, 0.25) is 5.02 Å². The Labute approximate surface area is 201 Å². The number of amides is 1. The maximum absolute atomic E-state index is 13.4. The zero-order chi connectivity index (χ0) is 23.4. The number of fused-ring (bicyclic) bond motifs is 1. The summed E-state index contributed by atoms with van der Waals surface area (Å²) in [6.45, 7) is 6.72. The number of Topliss-reactive ketones (excluding diaryl/α,β-unsaturated/α-hetero) is 1. The standard InChI is InChI=1S/C27H33ClN2O3/c1-3-30(21-9-11-33-12-10-21)25-16-20(28)15-23-22(25)8-6-4-5-7-19-13-18(2)14-26(31)24(19)17-29-27(23)32/h4,6,13,15-16,21H,3,5,7-12,14,17H2,1-2H3,(H,29,32)/b6-4-. The van der Waals surface area contributed by atoms with E-state index in [2.05, 4.69) is 35.4 Å². The van der Waals surface area contributed by atoms with Gasteiger partial charge in [-0.2, -0.15) is 0 Å². The van der Waals surface area contributed by atoms with Gasteiger partial charge in [-0.3, -0.25) is 9.59 Å². The lowest BCUT2D eigenvalue weighted by molar-refractivity contribution is -0.115. The number of hydrogen-bond acceptors (Lipinski definition) is 4. The molecular weight excluding hydrogens is 436 g/mol. The van der Waals surface area contributed by atoms with E-state index in [0.717, 1.165) is 73.4 Å². The Morgan fingerprint density at radius 1 is 1.18 bits per heavy atom. The van der Waals surface area contributed by atoms with Crippen molar-refractivity contribution in [1.82, 2.24) is 5.32 Å². The molecule has 2 heterocycles. The zero-order valence-corrected chi connectivity index (χ0v) is 20.3. The number of halogens is 1. The van der Waals surface area contributed by atoms with Crippen LogP contribution in [0, 0.1) is 0 Å². The van der Waals surface area contributed by atoms with Crippen LogP contribution in [0.5, 0.6) is 0 Å². The average Bonchev–Trinajstić information content (AvgIpc) is 2.79. The van der Waals surface area contributed by atoms with Crippen LogP contribution in [-0.4, -0.2) is 44.0 Å². The van der Waals surface area contributed by atoms with E-state index < -0.39 is 0 Å². The van der Waals surface area contributed by atoms with Crippen LogP contribution in [-0.2, 0) is 16.0 Å². The highest BCUT2D eigenvalue weighted by Gasteiger charge is 2.26. The third-order valence-electron chi connectivity index (χ3n) is 6.80. The van der Waals surface area contributed by atoms with Gasteiger partial charge in [0.2, 0.25) is 0 Å². The molecule has 0 radical (unpaired) electrons. The molecule has 33 heavy (non-hydrogen) atoms. The van der Waals surface area contributed by atoms with Crippen LogP contribution >= 0.6 is 11.6 Å². The van der Waals surface area contributed by atoms with E-state index in [4.69, 9.17) is 16.3 Å². The molecule has 1 fully saturated rings. The molecule has 0 atom stereocenters. The van der Waals surface area contributed by atoms with Crippen molar-refractivity contribution >= 4 is 29.0 Å². The fourth-order valence-corrected chi connectivity index (χ4v) is 5.36. The van der Waals surface area contributed by atoms with Crippen molar-refractivity contribution in [3.8, 4) is 0 Å². The number of anilines is 1. The minimum atomic E-state index is -0.184. The van der Waals surface area contributed by atoms with Crippen molar-refractivity contribution in [2.45, 2.75) is 58.4 Å². The van der Waals surface area contributed by atoms with E-state index in [0.29, 0.717) is 29.5 Å².